The van der Waals surface area contributed by atoms with Crippen LogP contribution in [0.4, 0.5) is 0 Å². The number of ether oxygens (including phenoxy) is 1. The third-order valence-corrected chi connectivity index (χ3v) is 1.78. The van der Waals surface area contributed by atoms with Gasteiger partial charge in [0, 0.05) is 6.42 Å². The number of hydrogen-bond donors (Lipinski definition) is 1. The fraction of sp³-hybridized carbons (Fsp3) is 0.571. The molecule has 1 aliphatic heterocycles. The maximum absolute atomic E-state index is 10.8. The molecule has 0 aromatic heterocycles. The van der Waals surface area contributed by atoms with Gasteiger partial charge in [-0.1, -0.05) is 0 Å². The lowest BCUT2D eigenvalue weighted by Crippen LogP contribution is -2.35. The number of nitrogens with one attached hydrogen (secondary N) is 1. The lowest BCUT2D eigenvalue weighted by Gasteiger charge is -2.07. The zero-order valence-electron chi connectivity index (χ0n) is 6.30. The highest BCUT2D eigenvalue weighted by molar-refractivity contribution is 6.27. The summed E-state index contributed by atoms with van der Waals surface area (Å²) in [6.07, 6.45) is 0.604. The molecule has 5 heteroatoms. The third kappa shape index (κ3) is 2.00. The summed E-state index contributed by atoms with van der Waals surface area (Å²) in [6.45, 7) is 0.442. The second-order valence-electron chi connectivity index (χ2n) is 2.36. The minimum atomic E-state index is -0.339. The first-order valence-electron chi connectivity index (χ1n) is 3.51. The number of rotatable bonds is 2. The number of carbonyl (C=O) groups excluding carboxylic acids is 2. The molecule has 0 saturated carbocycles. The summed E-state index contributed by atoms with van der Waals surface area (Å²) in [5.74, 6) is 1.38. The Balaban J connectivity index is 2.52. The second-order valence-corrected chi connectivity index (χ2v) is 2.62. The van der Waals surface area contributed by atoms with Gasteiger partial charge in [0.1, 0.15) is 11.9 Å². The first kappa shape index (κ1) is 9.10. The highest BCUT2D eigenvalue weighted by Crippen LogP contribution is 2.13. The van der Waals surface area contributed by atoms with E-state index in [1.165, 1.54) is 0 Å². The summed E-state index contributed by atoms with van der Waals surface area (Å²) in [6, 6.07) is -0.339. The summed E-state index contributed by atoms with van der Waals surface area (Å²) in [5, 5.41) is 2.53. The van der Waals surface area contributed by atoms with Gasteiger partial charge < -0.3 is 10.1 Å². The Kier molecular flexibility index (Phi) is 3.14. The summed E-state index contributed by atoms with van der Waals surface area (Å²) in [7, 11) is 0. The molecule has 1 aliphatic rings. The molecule has 0 spiro atoms. The maximum atomic E-state index is 10.8. The fourth-order valence-electron chi connectivity index (χ4n) is 0.990. The number of alkyl halides is 1. The van der Waals surface area contributed by atoms with E-state index in [2.05, 4.69) is 5.32 Å². The van der Waals surface area contributed by atoms with Crippen molar-refractivity contribution in [3.8, 4) is 0 Å². The molecule has 4 nitrogen and oxygen atoms in total. The van der Waals surface area contributed by atoms with Gasteiger partial charge in [-0.05, 0) is 0 Å². The van der Waals surface area contributed by atoms with Gasteiger partial charge >= 0.3 is 0 Å². The minimum Gasteiger partial charge on any atom is -0.485 e. The van der Waals surface area contributed by atoms with Gasteiger partial charge in [0.05, 0.1) is 6.61 Å². The average molecular weight is 190 g/mol. The third-order valence-electron chi connectivity index (χ3n) is 1.54. The van der Waals surface area contributed by atoms with Gasteiger partial charge in [-0.2, -0.15) is 0 Å². The van der Waals surface area contributed by atoms with Crippen molar-refractivity contribution in [2.75, 3.05) is 12.5 Å². The average Bonchev–Trinajstić information content (AvgIpc) is 2.51. The van der Waals surface area contributed by atoms with Gasteiger partial charge in [-0.25, -0.2) is 4.79 Å². The van der Waals surface area contributed by atoms with E-state index in [0.717, 1.165) is 0 Å². The van der Waals surface area contributed by atoms with Gasteiger partial charge in [-0.3, -0.25) is 4.79 Å². The Bertz CT molecular complexity index is 235. The van der Waals surface area contributed by atoms with Crippen LogP contribution in [0.1, 0.15) is 6.42 Å². The monoisotopic (exact) mass is 189 g/mol. The van der Waals surface area contributed by atoms with E-state index in [0.29, 0.717) is 13.0 Å². The first-order valence-corrected chi connectivity index (χ1v) is 4.04. The largest absolute Gasteiger partial charge is 0.485 e. The van der Waals surface area contributed by atoms with Crippen LogP contribution in [0.25, 0.3) is 0 Å². The Hall–Kier alpha value is -0.990. The van der Waals surface area contributed by atoms with Gasteiger partial charge in [0.25, 0.3) is 0 Å². The first-order chi connectivity index (χ1) is 5.77. The Morgan fingerprint density at radius 2 is 2.58 bits per heavy atom. The summed E-state index contributed by atoms with van der Waals surface area (Å²) < 4.78 is 4.90. The smallest absolute Gasteiger partial charge is 0.235 e. The van der Waals surface area contributed by atoms with Crippen LogP contribution in [0.5, 0.6) is 0 Å². The van der Waals surface area contributed by atoms with Crippen LogP contribution in [-0.4, -0.2) is 30.4 Å². The van der Waals surface area contributed by atoms with Crippen LogP contribution in [0.15, 0.2) is 5.76 Å². The molecule has 0 unspecified atom stereocenters. The van der Waals surface area contributed by atoms with E-state index in [-0.39, 0.29) is 23.6 Å². The molecular weight excluding hydrogens is 182 g/mol. The van der Waals surface area contributed by atoms with Crippen molar-refractivity contribution in [1.82, 2.24) is 5.32 Å². The molecule has 0 aromatic carbocycles. The molecule has 12 heavy (non-hydrogen) atoms. The van der Waals surface area contributed by atoms with Crippen molar-refractivity contribution in [2.45, 2.75) is 12.5 Å². The van der Waals surface area contributed by atoms with Gasteiger partial charge in [-0.15, -0.1) is 11.6 Å². The summed E-state index contributed by atoms with van der Waals surface area (Å²) >= 11 is 5.26. The van der Waals surface area contributed by atoms with Crippen molar-refractivity contribution in [3.05, 3.63) is 5.76 Å². The molecule has 0 aliphatic carbocycles. The lowest BCUT2D eigenvalue weighted by atomic mass is 10.2. The highest BCUT2D eigenvalue weighted by Gasteiger charge is 2.24. The topological polar surface area (TPSA) is 55.4 Å². The molecule has 0 bridgehead atoms. The van der Waals surface area contributed by atoms with E-state index in [1.807, 2.05) is 0 Å². The van der Waals surface area contributed by atoms with Crippen LogP contribution in [0, 0.1) is 0 Å². The van der Waals surface area contributed by atoms with E-state index in [4.69, 9.17) is 16.3 Å². The van der Waals surface area contributed by atoms with Crippen molar-refractivity contribution in [1.29, 1.82) is 0 Å². The molecular formula is C7H8ClNO3. The normalized spacial score (nSPS) is 21.4. The van der Waals surface area contributed by atoms with Gasteiger partial charge in [0.15, 0.2) is 5.94 Å². The van der Waals surface area contributed by atoms with Crippen molar-refractivity contribution in [2.24, 2.45) is 0 Å². The fourth-order valence-corrected chi connectivity index (χ4v) is 1.07. The predicted molar refractivity (Wildman–Crippen MR) is 42.4 cm³/mol. The van der Waals surface area contributed by atoms with Crippen LogP contribution in [0.2, 0.25) is 0 Å². The zero-order valence-corrected chi connectivity index (χ0v) is 7.06. The molecule has 1 fully saturated rings. The number of amides is 1. The molecule has 1 heterocycles. The Morgan fingerprint density at radius 3 is 3.17 bits per heavy atom. The van der Waals surface area contributed by atoms with Crippen LogP contribution in [0.3, 0.4) is 0 Å². The molecule has 66 valence electrons. The molecule has 1 atom stereocenters. The van der Waals surface area contributed by atoms with Gasteiger partial charge in [0.2, 0.25) is 11.7 Å². The van der Waals surface area contributed by atoms with Crippen molar-refractivity contribution >= 4 is 23.4 Å². The Labute approximate surface area is 74.5 Å². The molecule has 1 saturated heterocycles. The van der Waals surface area contributed by atoms with Crippen LogP contribution < -0.4 is 5.32 Å². The van der Waals surface area contributed by atoms with E-state index in [9.17, 15) is 9.59 Å². The lowest BCUT2D eigenvalue weighted by molar-refractivity contribution is -0.119. The number of carbonyl (C=O) groups is 1. The van der Waals surface area contributed by atoms with E-state index < -0.39 is 0 Å². The van der Waals surface area contributed by atoms with Crippen LogP contribution >= 0.6 is 11.6 Å². The minimum absolute atomic E-state index is 0.108. The van der Waals surface area contributed by atoms with Crippen molar-refractivity contribution < 1.29 is 14.3 Å². The standard InChI is InChI=1S/C7H8ClNO3/c8-3-7(11)9-5-1-2-12-6(5)4-10/h5H,1-3H2,(H,9,11)/t5-/m0/s1. The SMILES string of the molecule is O=C=C1OCC[C@@H]1NC(=O)CCl. The predicted octanol–water partition coefficient (Wildman–Crippen LogP) is -0.154. The molecule has 1 rings (SSSR count). The zero-order chi connectivity index (χ0) is 8.97. The summed E-state index contributed by atoms with van der Waals surface area (Å²) in [5.41, 5.74) is 0. The number of hydrogen-bond acceptors (Lipinski definition) is 3. The maximum Gasteiger partial charge on any atom is 0.235 e. The summed E-state index contributed by atoms with van der Waals surface area (Å²) in [4.78, 5) is 21.0. The van der Waals surface area contributed by atoms with E-state index in [1.54, 1.807) is 5.94 Å². The molecule has 0 aromatic rings. The number of halogens is 1. The van der Waals surface area contributed by atoms with Crippen molar-refractivity contribution in [3.63, 3.8) is 0 Å². The molecule has 1 amide bonds. The van der Waals surface area contributed by atoms with E-state index >= 15 is 0 Å². The molecule has 1 N–H and O–H groups in total. The van der Waals surface area contributed by atoms with Crippen LogP contribution in [-0.2, 0) is 14.3 Å². The highest BCUT2D eigenvalue weighted by atomic mass is 35.5. The molecule has 0 radical (unpaired) electrons. The second kappa shape index (κ2) is 4.14. The quantitative estimate of drug-likeness (QED) is 0.486. The Morgan fingerprint density at radius 1 is 1.83 bits per heavy atom.